The highest BCUT2D eigenvalue weighted by molar-refractivity contribution is 5.99. The van der Waals surface area contributed by atoms with E-state index in [4.69, 9.17) is 5.73 Å². The van der Waals surface area contributed by atoms with Crippen LogP contribution in [0.15, 0.2) is 60.7 Å². The van der Waals surface area contributed by atoms with E-state index in [0.29, 0.717) is 5.69 Å². The summed E-state index contributed by atoms with van der Waals surface area (Å²) < 4.78 is 14.3. The predicted octanol–water partition coefficient (Wildman–Crippen LogP) is 5.39. The maximum Gasteiger partial charge on any atom is 0.250 e. The number of hydrogen-bond acceptors (Lipinski definition) is 4. The van der Waals surface area contributed by atoms with Crippen LogP contribution in [0, 0.1) is 12.7 Å². The number of carbonyl (C=O) groups is 1. The van der Waals surface area contributed by atoms with Crippen LogP contribution < -0.4 is 20.9 Å². The highest BCUT2D eigenvalue weighted by Crippen LogP contribution is 2.46. The van der Waals surface area contributed by atoms with Gasteiger partial charge in [0.1, 0.15) is 5.82 Å². The Balaban J connectivity index is 1.37. The van der Waals surface area contributed by atoms with Gasteiger partial charge in [-0.1, -0.05) is 44.2 Å². The summed E-state index contributed by atoms with van der Waals surface area (Å²) in [5, 5.41) is 3.52. The summed E-state index contributed by atoms with van der Waals surface area (Å²) in [6.07, 6.45) is 0.784. The smallest absolute Gasteiger partial charge is 0.250 e. The second kappa shape index (κ2) is 8.91. The Morgan fingerprint density at radius 2 is 1.71 bits per heavy atom. The summed E-state index contributed by atoms with van der Waals surface area (Å²) in [5.41, 5.74) is 11.9. The van der Waals surface area contributed by atoms with E-state index in [1.165, 1.54) is 29.1 Å². The SMILES string of the molecule is Cc1ccccc1N1CCN(c2cccc(C3CC(C)(C)c4cc(F)cc(C(N)=O)c4N3)c2)CC1. The highest BCUT2D eigenvalue weighted by atomic mass is 19.1. The fourth-order valence-corrected chi connectivity index (χ4v) is 5.60. The molecule has 0 aliphatic carbocycles. The molecular formula is C29H33FN4O. The molecule has 182 valence electrons. The molecule has 0 spiro atoms. The van der Waals surface area contributed by atoms with Crippen LogP contribution in [0.5, 0.6) is 0 Å². The summed E-state index contributed by atoms with van der Waals surface area (Å²) in [6.45, 7) is 10.2. The Labute approximate surface area is 206 Å². The van der Waals surface area contributed by atoms with Crippen LogP contribution in [-0.2, 0) is 5.41 Å². The molecule has 3 N–H and O–H groups in total. The van der Waals surface area contributed by atoms with E-state index in [0.717, 1.165) is 43.7 Å². The second-order valence-corrected chi connectivity index (χ2v) is 10.4. The van der Waals surface area contributed by atoms with Crippen molar-refractivity contribution in [1.29, 1.82) is 0 Å². The largest absolute Gasteiger partial charge is 0.377 e. The van der Waals surface area contributed by atoms with Gasteiger partial charge in [-0.2, -0.15) is 0 Å². The number of carbonyl (C=O) groups excluding carboxylic acids is 1. The third-order valence-corrected chi connectivity index (χ3v) is 7.50. The number of nitrogens with two attached hydrogens (primary N) is 1. The van der Waals surface area contributed by atoms with Crippen molar-refractivity contribution in [1.82, 2.24) is 0 Å². The van der Waals surface area contributed by atoms with E-state index >= 15 is 0 Å². The van der Waals surface area contributed by atoms with E-state index in [9.17, 15) is 9.18 Å². The molecule has 1 unspecified atom stereocenters. The number of benzene rings is 3. The van der Waals surface area contributed by atoms with Gasteiger partial charge < -0.3 is 20.9 Å². The summed E-state index contributed by atoms with van der Waals surface area (Å²) in [7, 11) is 0. The normalized spacial score (nSPS) is 19.1. The maximum atomic E-state index is 14.3. The van der Waals surface area contributed by atoms with Gasteiger partial charge in [0, 0.05) is 37.6 Å². The number of nitrogens with one attached hydrogen (secondary N) is 1. The molecule has 1 saturated heterocycles. The van der Waals surface area contributed by atoms with Gasteiger partial charge in [-0.05, 0) is 65.8 Å². The molecule has 1 atom stereocenters. The van der Waals surface area contributed by atoms with Crippen molar-refractivity contribution in [3.8, 4) is 0 Å². The molecule has 5 nitrogen and oxygen atoms in total. The van der Waals surface area contributed by atoms with Gasteiger partial charge >= 0.3 is 0 Å². The number of hydrogen-bond donors (Lipinski definition) is 2. The molecule has 2 aliphatic heterocycles. The molecule has 1 fully saturated rings. The first-order valence-electron chi connectivity index (χ1n) is 12.3. The zero-order valence-corrected chi connectivity index (χ0v) is 20.6. The molecule has 3 aromatic rings. The maximum absolute atomic E-state index is 14.3. The van der Waals surface area contributed by atoms with Crippen molar-refractivity contribution in [2.45, 2.75) is 38.6 Å². The van der Waals surface area contributed by atoms with Gasteiger partial charge in [-0.25, -0.2) is 4.39 Å². The van der Waals surface area contributed by atoms with Crippen molar-refractivity contribution < 1.29 is 9.18 Å². The van der Waals surface area contributed by atoms with Gasteiger partial charge in [-0.3, -0.25) is 4.79 Å². The number of anilines is 3. The summed E-state index contributed by atoms with van der Waals surface area (Å²) >= 11 is 0. The lowest BCUT2D eigenvalue weighted by atomic mass is 9.73. The fraction of sp³-hybridized carbons (Fsp3) is 0.345. The van der Waals surface area contributed by atoms with Crippen molar-refractivity contribution in [2.75, 3.05) is 41.3 Å². The van der Waals surface area contributed by atoms with Gasteiger partial charge in [0.15, 0.2) is 0 Å². The number of fused-ring (bicyclic) bond motifs is 1. The molecule has 2 heterocycles. The van der Waals surface area contributed by atoms with Crippen LogP contribution in [0.2, 0.25) is 0 Å². The van der Waals surface area contributed by atoms with Gasteiger partial charge in [0.2, 0.25) is 0 Å². The number of primary amides is 1. The molecule has 0 bridgehead atoms. The quantitative estimate of drug-likeness (QED) is 0.534. The minimum atomic E-state index is -0.620. The Morgan fingerprint density at radius 3 is 2.43 bits per heavy atom. The van der Waals surface area contributed by atoms with Crippen molar-refractivity contribution in [3.63, 3.8) is 0 Å². The molecule has 0 aromatic heterocycles. The van der Waals surface area contributed by atoms with Crippen LogP contribution in [0.3, 0.4) is 0 Å². The van der Waals surface area contributed by atoms with E-state index in [-0.39, 0.29) is 17.0 Å². The molecule has 35 heavy (non-hydrogen) atoms. The molecule has 0 saturated carbocycles. The van der Waals surface area contributed by atoms with Crippen LogP contribution in [-0.4, -0.2) is 32.1 Å². The Morgan fingerprint density at radius 1 is 1.00 bits per heavy atom. The zero-order valence-electron chi connectivity index (χ0n) is 20.6. The number of para-hydroxylation sites is 1. The molecular weight excluding hydrogens is 439 g/mol. The van der Waals surface area contributed by atoms with E-state index in [1.54, 1.807) is 0 Å². The highest BCUT2D eigenvalue weighted by Gasteiger charge is 2.36. The van der Waals surface area contributed by atoms with Gasteiger partial charge in [-0.15, -0.1) is 0 Å². The number of piperazine rings is 1. The van der Waals surface area contributed by atoms with Gasteiger partial charge in [0.05, 0.1) is 17.3 Å². The first-order chi connectivity index (χ1) is 16.7. The molecule has 5 rings (SSSR count). The minimum Gasteiger partial charge on any atom is -0.377 e. The number of rotatable bonds is 4. The molecule has 1 amide bonds. The Kier molecular flexibility index (Phi) is 5.91. The first-order valence-corrected chi connectivity index (χ1v) is 12.3. The topological polar surface area (TPSA) is 61.6 Å². The van der Waals surface area contributed by atoms with Crippen molar-refractivity contribution >= 4 is 23.0 Å². The average Bonchev–Trinajstić information content (AvgIpc) is 2.84. The second-order valence-electron chi connectivity index (χ2n) is 10.4. The average molecular weight is 473 g/mol. The van der Waals surface area contributed by atoms with Crippen molar-refractivity contribution in [3.05, 3.63) is 88.7 Å². The Bertz CT molecular complexity index is 1260. The van der Waals surface area contributed by atoms with Crippen molar-refractivity contribution in [2.24, 2.45) is 5.73 Å². The van der Waals surface area contributed by atoms with Crippen LogP contribution in [0.25, 0.3) is 0 Å². The molecule has 3 aromatic carbocycles. The molecule has 2 aliphatic rings. The number of aryl methyl sites for hydroxylation is 1. The summed E-state index contributed by atoms with van der Waals surface area (Å²) in [5.74, 6) is -1.05. The zero-order chi connectivity index (χ0) is 24.7. The lowest BCUT2D eigenvalue weighted by Crippen LogP contribution is -2.46. The number of nitrogens with zero attached hydrogens (tertiary/aromatic N) is 2. The fourth-order valence-electron chi connectivity index (χ4n) is 5.60. The van der Waals surface area contributed by atoms with E-state index < -0.39 is 11.7 Å². The van der Waals surface area contributed by atoms with Crippen LogP contribution in [0.4, 0.5) is 21.5 Å². The lowest BCUT2D eigenvalue weighted by Gasteiger charge is -2.40. The van der Waals surface area contributed by atoms with Crippen LogP contribution in [0.1, 0.15) is 53.4 Å². The monoisotopic (exact) mass is 472 g/mol. The van der Waals surface area contributed by atoms with E-state index in [2.05, 4.69) is 84.4 Å². The molecule has 0 radical (unpaired) electrons. The Hall–Kier alpha value is -3.54. The minimum absolute atomic E-state index is 0.00531. The van der Waals surface area contributed by atoms with Gasteiger partial charge in [0.25, 0.3) is 5.91 Å². The number of halogens is 1. The first kappa shape index (κ1) is 23.2. The third kappa shape index (κ3) is 4.45. The lowest BCUT2D eigenvalue weighted by molar-refractivity contribution is 0.1000. The standard InChI is InChI=1S/C29H33FN4O/c1-19-7-4-5-10-26(19)34-13-11-33(12-14-34)22-9-6-8-20(15-22)25-18-29(2,3)24-17-21(30)16-23(28(31)35)27(24)32-25/h4-10,15-17,25,32H,11-14,18H2,1-3H3,(H2,31,35). The molecule has 6 heteroatoms. The summed E-state index contributed by atoms with van der Waals surface area (Å²) in [4.78, 5) is 17.0. The predicted molar refractivity (Wildman–Crippen MR) is 141 cm³/mol. The van der Waals surface area contributed by atoms with E-state index in [1.807, 2.05) is 0 Å². The third-order valence-electron chi connectivity index (χ3n) is 7.50. The summed E-state index contributed by atoms with van der Waals surface area (Å²) in [6, 6.07) is 19.9. The number of amides is 1. The van der Waals surface area contributed by atoms with Crippen LogP contribution >= 0.6 is 0 Å².